The molecule has 1 aromatic rings. The van der Waals surface area contributed by atoms with Crippen molar-refractivity contribution in [2.24, 2.45) is 0 Å². The number of hydrogen-bond donors (Lipinski definition) is 2. The normalized spacial score (nSPS) is 11.2. The second-order valence-electron chi connectivity index (χ2n) is 3.34. The van der Waals surface area contributed by atoms with Gasteiger partial charge in [0.25, 0.3) is 0 Å². The van der Waals surface area contributed by atoms with Gasteiger partial charge in [-0.25, -0.2) is 13.1 Å². The highest BCUT2D eigenvalue weighted by molar-refractivity contribution is 9.10. The molecule has 0 unspecified atom stereocenters. The van der Waals surface area contributed by atoms with E-state index >= 15 is 0 Å². The van der Waals surface area contributed by atoms with E-state index in [9.17, 15) is 13.2 Å². The molecule has 0 saturated heterocycles. The maximum atomic E-state index is 11.8. The Morgan fingerprint density at radius 3 is 2.67 bits per heavy atom. The number of carboxylic acids is 1. The van der Waals surface area contributed by atoms with Crippen molar-refractivity contribution in [3.8, 4) is 5.75 Å². The van der Waals surface area contributed by atoms with Crippen LogP contribution < -0.4 is 9.46 Å². The van der Waals surface area contributed by atoms with Crippen molar-refractivity contribution in [3.05, 3.63) is 22.7 Å². The van der Waals surface area contributed by atoms with Gasteiger partial charge in [0, 0.05) is 6.54 Å². The number of hydrogen-bond acceptors (Lipinski definition) is 4. The second kappa shape index (κ2) is 6.17. The first-order valence-corrected chi connectivity index (χ1v) is 7.19. The number of carbonyl (C=O) groups is 1. The Balaban J connectivity index is 2.85. The number of ether oxygens (including phenoxy) is 1. The average molecular weight is 338 g/mol. The molecule has 0 amide bonds. The van der Waals surface area contributed by atoms with Gasteiger partial charge in [-0.2, -0.15) is 0 Å². The molecule has 0 saturated carbocycles. The van der Waals surface area contributed by atoms with E-state index in [-0.39, 0.29) is 17.9 Å². The lowest BCUT2D eigenvalue weighted by atomic mass is 10.3. The van der Waals surface area contributed by atoms with E-state index in [1.165, 1.54) is 25.3 Å². The van der Waals surface area contributed by atoms with Crippen molar-refractivity contribution in [1.29, 1.82) is 0 Å². The summed E-state index contributed by atoms with van der Waals surface area (Å²) in [6.07, 6.45) is -0.267. The Hall–Kier alpha value is -1.12. The zero-order valence-electron chi connectivity index (χ0n) is 9.51. The van der Waals surface area contributed by atoms with Crippen molar-refractivity contribution in [2.45, 2.75) is 11.3 Å². The lowest BCUT2D eigenvalue weighted by molar-refractivity contribution is -0.136. The third-order valence-corrected chi connectivity index (χ3v) is 4.14. The lowest BCUT2D eigenvalue weighted by Crippen LogP contribution is -2.26. The molecule has 0 heterocycles. The number of benzene rings is 1. The van der Waals surface area contributed by atoms with Gasteiger partial charge in [-0.3, -0.25) is 4.79 Å². The molecule has 1 aromatic carbocycles. The number of aliphatic carboxylic acids is 1. The molecule has 0 spiro atoms. The van der Waals surface area contributed by atoms with Crippen molar-refractivity contribution in [1.82, 2.24) is 4.72 Å². The lowest BCUT2D eigenvalue weighted by Gasteiger charge is -2.08. The molecule has 0 atom stereocenters. The molecule has 6 nitrogen and oxygen atoms in total. The summed E-state index contributed by atoms with van der Waals surface area (Å²) in [5, 5.41) is 8.43. The van der Waals surface area contributed by atoms with E-state index in [0.29, 0.717) is 10.2 Å². The summed E-state index contributed by atoms with van der Waals surface area (Å²) >= 11 is 3.18. The van der Waals surface area contributed by atoms with Crippen LogP contribution in [0.4, 0.5) is 0 Å². The number of halogens is 1. The van der Waals surface area contributed by atoms with E-state index in [4.69, 9.17) is 9.84 Å². The highest BCUT2D eigenvalue weighted by Crippen LogP contribution is 2.27. The Morgan fingerprint density at radius 1 is 1.50 bits per heavy atom. The molecule has 0 radical (unpaired) electrons. The SMILES string of the molecule is COc1ccc(S(=O)(=O)NCCC(=O)O)cc1Br. The highest BCUT2D eigenvalue weighted by Gasteiger charge is 2.15. The molecule has 0 aliphatic carbocycles. The number of methoxy groups -OCH3 is 1. The first-order valence-electron chi connectivity index (χ1n) is 4.92. The first kappa shape index (κ1) is 14.9. The Labute approximate surface area is 113 Å². The number of sulfonamides is 1. The van der Waals surface area contributed by atoms with Crippen LogP contribution in [0.15, 0.2) is 27.6 Å². The molecular formula is C10H12BrNO5S. The molecule has 0 fully saturated rings. The maximum Gasteiger partial charge on any atom is 0.304 e. The van der Waals surface area contributed by atoms with Crippen LogP contribution in [0.25, 0.3) is 0 Å². The first-order chi connectivity index (χ1) is 8.36. The quantitative estimate of drug-likeness (QED) is 0.813. The van der Waals surface area contributed by atoms with Gasteiger partial charge in [0.15, 0.2) is 0 Å². The van der Waals surface area contributed by atoms with Gasteiger partial charge in [-0.15, -0.1) is 0 Å². The molecule has 0 aliphatic heterocycles. The summed E-state index contributed by atoms with van der Waals surface area (Å²) in [4.78, 5) is 10.3. The molecule has 0 aliphatic rings. The number of rotatable bonds is 6. The van der Waals surface area contributed by atoms with Gasteiger partial charge in [0.2, 0.25) is 10.0 Å². The van der Waals surface area contributed by atoms with Gasteiger partial charge < -0.3 is 9.84 Å². The van der Waals surface area contributed by atoms with Crippen LogP contribution in [0, 0.1) is 0 Å². The minimum Gasteiger partial charge on any atom is -0.496 e. The van der Waals surface area contributed by atoms with E-state index in [1.54, 1.807) is 0 Å². The predicted octanol–water partition coefficient (Wildman–Crippen LogP) is 1.21. The summed E-state index contributed by atoms with van der Waals surface area (Å²) in [6, 6.07) is 4.28. The Kier molecular flexibility index (Phi) is 5.12. The number of carboxylic acid groups (broad SMARTS) is 1. The average Bonchev–Trinajstić information content (AvgIpc) is 2.28. The van der Waals surface area contributed by atoms with E-state index in [2.05, 4.69) is 20.7 Å². The van der Waals surface area contributed by atoms with Gasteiger partial charge in [0.05, 0.1) is 22.9 Å². The van der Waals surface area contributed by atoms with Crippen LogP contribution in [-0.4, -0.2) is 33.1 Å². The predicted molar refractivity (Wildman–Crippen MR) is 68.1 cm³/mol. The highest BCUT2D eigenvalue weighted by atomic mass is 79.9. The van der Waals surface area contributed by atoms with Gasteiger partial charge >= 0.3 is 5.97 Å². The molecule has 0 bridgehead atoms. The van der Waals surface area contributed by atoms with Crippen LogP contribution in [0.1, 0.15) is 6.42 Å². The summed E-state index contributed by atoms with van der Waals surface area (Å²) in [5.41, 5.74) is 0. The minimum atomic E-state index is -3.70. The largest absolute Gasteiger partial charge is 0.496 e. The molecule has 8 heteroatoms. The van der Waals surface area contributed by atoms with Crippen LogP contribution in [0.5, 0.6) is 5.75 Å². The number of nitrogens with one attached hydrogen (secondary N) is 1. The second-order valence-corrected chi connectivity index (χ2v) is 5.96. The van der Waals surface area contributed by atoms with Gasteiger partial charge in [-0.1, -0.05) is 0 Å². The van der Waals surface area contributed by atoms with Gasteiger partial charge in [0.1, 0.15) is 5.75 Å². The summed E-state index contributed by atoms with van der Waals surface area (Å²) in [5.74, 6) is -0.548. The fourth-order valence-corrected chi connectivity index (χ4v) is 2.94. The Morgan fingerprint density at radius 2 is 2.17 bits per heavy atom. The fraction of sp³-hybridized carbons (Fsp3) is 0.300. The van der Waals surface area contributed by atoms with E-state index in [0.717, 1.165) is 0 Å². The minimum absolute atomic E-state index is 0.0422. The van der Waals surface area contributed by atoms with Crippen molar-refractivity contribution in [2.75, 3.05) is 13.7 Å². The van der Waals surface area contributed by atoms with Crippen LogP contribution in [-0.2, 0) is 14.8 Å². The zero-order valence-corrected chi connectivity index (χ0v) is 11.9. The fourth-order valence-electron chi connectivity index (χ4n) is 1.19. The summed E-state index contributed by atoms with van der Waals surface area (Å²) in [7, 11) is -2.23. The molecule has 18 heavy (non-hydrogen) atoms. The molecule has 1 rings (SSSR count). The maximum absolute atomic E-state index is 11.8. The molecular weight excluding hydrogens is 326 g/mol. The molecule has 0 aromatic heterocycles. The van der Waals surface area contributed by atoms with Crippen LogP contribution >= 0.6 is 15.9 Å². The molecule has 2 N–H and O–H groups in total. The monoisotopic (exact) mass is 337 g/mol. The smallest absolute Gasteiger partial charge is 0.304 e. The van der Waals surface area contributed by atoms with Crippen LogP contribution in [0.3, 0.4) is 0 Å². The Bertz CT molecular complexity index is 543. The van der Waals surface area contributed by atoms with Crippen molar-refractivity contribution < 1.29 is 23.1 Å². The van der Waals surface area contributed by atoms with E-state index in [1.807, 2.05) is 0 Å². The standard InChI is InChI=1S/C10H12BrNO5S/c1-17-9-3-2-7(6-8(9)11)18(15,16)12-5-4-10(13)14/h2-3,6,12H,4-5H2,1H3,(H,13,14). The van der Waals surface area contributed by atoms with Gasteiger partial charge in [-0.05, 0) is 34.1 Å². The van der Waals surface area contributed by atoms with Crippen molar-refractivity contribution in [3.63, 3.8) is 0 Å². The topological polar surface area (TPSA) is 92.7 Å². The molecule has 100 valence electrons. The summed E-state index contributed by atoms with van der Waals surface area (Å²) < 4.78 is 31.3. The van der Waals surface area contributed by atoms with Crippen molar-refractivity contribution >= 4 is 31.9 Å². The third kappa shape index (κ3) is 3.97. The summed E-state index contributed by atoms with van der Waals surface area (Å²) in [6.45, 7) is -0.151. The zero-order chi connectivity index (χ0) is 13.8. The van der Waals surface area contributed by atoms with E-state index < -0.39 is 16.0 Å². The third-order valence-electron chi connectivity index (χ3n) is 2.06. The van der Waals surface area contributed by atoms with Crippen LogP contribution in [0.2, 0.25) is 0 Å².